The molecule has 33 heavy (non-hydrogen) atoms. The molecule has 11 heteroatoms. The average molecular weight is 484 g/mol. The van der Waals surface area contributed by atoms with E-state index in [0.29, 0.717) is 17.0 Å². The Morgan fingerprint density at radius 2 is 1.88 bits per heavy atom. The van der Waals surface area contributed by atoms with Gasteiger partial charge in [0.05, 0.1) is 12.1 Å². The van der Waals surface area contributed by atoms with Crippen molar-refractivity contribution in [2.75, 3.05) is 0 Å². The summed E-state index contributed by atoms with van der Waals surface area (Å²) < 4.78 is 49.7. The zero-order valence-electron chi connectivity index (χ0n) is 17.7. The van der Waals surface area contributed by atoms with Gasteiger partial charge in [-0.15, -0.1) is 5.10 Å². The van der Waals surface area contributed by atoms with Crippen molar-refractivity contribution in [3.05, 3.63) is 69.2 Å². The van der Waals surface area contributed by atoms with E-state index < -0.39 is 29.5 Å². The van der Waals surface area contributed by atoms with E-state index in [-0.39, 0.29) is 29.7 Å². The largest absolute Gasteiger partial charge is 0.437 e. The quantitative estimate of drug-likeness (QED) is 0.392. The van der Waals surface area contributed by atoms with Crippen LogP contribution < -0.4 is 16.2 Å². The number of carbonyl (C=O) groups is 1. The SMILES string of the molecule is CC(C)CC(N)C(=O)Oc1ccc(Cl)cc1Cn1nc(-c2ccc(C(F)(F)F)cc2)oc1=O. The van der Waals surface area contributed by atoms with Crippen molar-refractivity contribution in [2.45, 2.75) is 39.0 Å². The second-order valence-corrected chi connectivity index (χ2v) is 8.25. The molecule has 0 aliphatic heterocycles. The minimum Gasteiger partial charge on any atom is -0.425 e. The van der Waals surface area contributed by atoms with Crippen LogP contribution in [0.25, 0.3) is 11.5 Å². The maximum absolute atomic E-state index is 12.8. The maximum atomic E-state index is 12.8. The molecule has 0 aliphatic carbocycles. The number of hydrogen-bond donors (Lipinski definition) is 1. The molecule has 176 valence electrons. The fraction of sp³-hybridized carbons (Fsp3) is 0.318. The van der Waals surface area contributed by atoms with Crippen molar-refractivity contribution < 1.29 is 27.1 Å². The second-order valence-electron chi connectivity index (χ2n) is 7.82. The third-order valence-electron chi connectivity index (χ3n) is 4.65. The highest BCUT2D eigenvalue weighted by atomic mass is 35.5. The molecule has 0 fully saturated rings. The summed E-state index contributed by atoms with van der Waals surface area (Å²) in [5.41, 5.74) is 5.59. The van der Waals surface area contributed by atoms with Gasteiger partial charge in [-0.2, -0.15) is 17.9 Å². The molecule has 0 bridgehead atoms. The molecule has 0 radical (unpaired) electrons. The Balaban J connectivity index is 1.84. The maximum Gasteiger partial charge on any atom is 0.437 e. The van der Waals surface area contributed by atoms with Gasteiger partial charge in [0.2, 0.25) is 5.89 Å². The number of alkyl halides is 3. The summed E-state index contributed by atoms with van der Waals surface area (Å²) in [6.45, 7) is 3.68. The van der Waals surface area contributed by atoms with Crippen molar-refractivity contribution in [1.29, 1.82) is 0 Å². The van der Waals surface area contributed by atoms with Crippen molar-refractivity contribution in [3.8, 4) is 17.2 Å². The standard InChI is InChI=1S/C22H21ClF3N3O4/c1-12(2)9-17(27)20(30)32-18-8-7-16(23)10-14(18)11-29-21(31)33-19(28-29)13-3-5-15(6-4-13)22(24,25)26/h3-8,10,12,17H,9,11,27H2,1-2H3. The number of ether oxygens (including phenoxy) is 1. The summed E-state index contributed by atoms with van der Waals surface area (Å²) in [6, 6.07) is 7.70. The Labute approximate surface area is 191 Å². The Bertz CT molecular complexity index is 1190. The number of nitrogens with zero attached hydrogens (tertiary/aromatic N) is 2. The van der Waals surface area contributed by atoms with Gasteiger partial charge in [-0.1, -0.05) is 25.4 Å². The van der Waals surface area contributed by atoms with Crippen molar-refractivity contribution in [3.63, 3.8) is 0 Å². The number of nitrogens with two attached hydrogens (primary N) is 1. The molecule has 7 nitrogen and oxygen atoms in total. The predicted molar refractivity (Wildman–Crippen MR) is 115 cm³/mol. The highest BCUT2D eigenvalue weighted by Gasteiger charge is 2.30. The first-order valence-corrected chi connectivity index (χ1v) is 10.3. The van der Waals surface area contributed by atoms with Gasteiger partial charge in [0, 0.05) is 16.1 Å². The second kappa shape index (κ2) is 9.80. The molecule has 3 aromatic rings. The van der Waals surface area contributed by atoms with E-state index in [1.165, 1.54) is 18.2 Å². The molecular formula is C22H21ClF3N3O4. The first kappa shape index (κ1) is 24.5. The van der Waals surface area contributed by atoms with Crippen LogP contribution in [0.5, 0.6) is 5.75 Å². The lowest BCUT2D eigenvalue weighted by atomic mass is 10.0. The first-order valence-electron chi connectivity index (χ1n) is 9.95. The molecule has 1 atom stereocenters. The molecule has 0 aliphatic rings. The lowest BCUT2D eigenvalue weighted by Crippen LogP contribution is -2.35. The Hall–Kier alpha value is -3.11. The van der Waals surface area contributed by atoms with Gasteiger partial charge in [0.1, 0.15) is 11.8 Å². The van der Waals surface area contributed by atoms with Crippen LogP contribution in [0.2, 0.25) is 5.02 Å². The summed E-state index contributed by atoms with van der Waals surface area (Å²) in [6.07, 6.45) is -4.06. The molecule has 3 rings (SSSR count). The van der Waals surface area contributed by atoms with Crippen LogP contribution in [0.1, 0.15) is 31.4 Å². The molecule has 0 amide bonds. The molecular weight excluding hydrogens is 463 g/mol. The van der Waals surface area contributed by atoms with Crippen LogP contribution in [-0.2, 0) is 17.5 Å². The van der Waals surface area contributed by atoms with Crippen molar-refractivity contribution in [1.82, 2.24) is 9.78 Å². The van der Waals surface area contributed by atoms with E-state index in [9.17, 15) is 22.8 Å². The van der Waals surface area contributed by atoms with Gasteiger partial charge >= 0.3 is 17.9 Å². The Morgan fingerprint density at radius 1 is 1.21 bits per heavy atom. The van der Waals surface area contributed by atoms with Crippen LogP contribution in [0.3, 0.4) is 0 Å². The van der Waals surface area contributed by atoms with Crippen LogP contribution in [0.15, 0.2) is 51.7 Å². The van der Waals surface area contributed by atoms with E-state index >= 15 is 0 Å². The highest BCUT2D eigenvalue weighted by Crippen LogP contribution is 2.30. The van der Waals surface area contributed by atoms with E-state index in [1.54, 1.807) is 0 Å². The molecule has 1 aromatic heterocycles. The smallest absolute Gasteiger partial charge is 0.425 e. The van der Waals surface area contributed by atoms with Crippen LogP contribution >= 0.6 is 11.6 Å². The number of hydrogen-bond acceptors (Lipinski definition) is 6. The van der Waals surface area contributed by atoms with Crippen LogP contribution in [-0.4, -0.2) is 21.8 Å². The lowest BCUT2D eigenvalue weighted by Gasteiger charge is -2.15. The van der Waals surface area contributed by atoms with Crippen molar-refractivity contribution >= 4 is 17.6 Å². The molecule has 2 N–H and O–H groups in total. The summed E-state index contributed by atoms with van der Waals surface area (Å²) >= 11 is 6.06. The summed E-state index contributed by atoms with van der Waals surface area (Å²) in [5.74, 6) is -1.30. The van der Waals surface area contributed by atoms with E-state index in [1.807, 2.05) is 13.8 Å². The molecule has 0 spiro atoms. The minimum atomic E-state index is -4.49. The molecule has 0 saturated carbocycles. The zero-order chi connectivity index (χ0) is 24.3. The molecule has 0 saturated heterocycles. The Kier molecular flexibility index (Phi) is 7.28. The topological polar surface area (TPSA) is 100 Å². The normalized spacial score (nSPS) is 12.7. The number of aromatic nitrogens is 2. The molecule has 1 heterocycles. The number of rotatable bonds is 7. The van der Waals surface area contributed by atoms with Gasteiger partial charge in [-0.05, 0) is 54.8 Å². The van der Waals surface area contributed by atoms with E-state index in [2.05, 4.69) is 5.10 Å². The van der Waals surface area contributed by atoms with E-state index in [4.69, 9.17) is 26.5 Å². The first-order chi connectivity index (χ1) is 15.4. The molecule has 1 unspecified atom stereocenters. The van der Waals surface area contributed by atoms with Gasteiger partial charge in [0.15, 0.2) is 0 Å². The van der Waals surface area contributed by atoms with Crippen LogP contribution in [0, 0.1) is 5.92 Å². The molecule has 2 aromatic carbocycles. The average Bonchev–Trinajstić information content (AvgIpc) is 3.09. The predicted octanol–water partition coefficient (Wildman–Crippen LogP) is 4.50. The van der Waals surface area contributed by atoms with Crippen molar-refractivity contribution in [2.24, 2.45) is 11.7 Å². The number of carbonyl (C=O) groups excluding carboxylic acids is 1. The fourth-order valence-corrected chi connectivity index (χ4v) is 3.24. The summed E-state index contributed by atoms with van der Waals surface area (Å²) in [5, 5.41) is 4.37. The van der Waals surface area contributed by atoms with Gasteiger partial charge in [0.25, 0.3) is 0 Å². The number of esters is 1. The van der Waals surface area contributed by atoms with Gasteiger partial charge in [-0.3, -0.25) is 0 Å². The monoisotopic (exact) mass is 483 g/mol. The minimum absolute atomic E-state index is 0.148. The highest BCUT2D eigenvalue weighted by molar-refractivity contribution is 6.30. The number of benzene rings is 2. The zero-order valence-corrected chi connectivity index (χ0v) is 18.5. The lowest BCUT2D eigenvalue weighted by molar-refractivity contribution is -0.138. The fourth-order valence-electron chi connectivity index (χ4n) is 3.05. The van der Waals surface area contributed by atoms with Crippen LogP contribution in [0.4, 0.5) is 13.2 Å². The summed E-state index contributed by atoms with van der Waals surface area (Å²) in [7, 11) is 0. The Morgan fingerprint density at radius 3 is 2.48 bits per heavy atom. The third-order valence-corrected chi connectivity index (χ3v) is 4.88. The third kappa shape index (κ3) is 6.23. The van der Waals surface area contributed by atoms with Gasteiger partial charge in [-0.25, -0.2) is 9.59 Å². The summed E-state index contributed by atoms with van der Waals surface area (Å²) in [4.78, 5) is 24.6. The number of halogens is 4. The van der Waals surface area contributed by atoms with Gasteiger partial charge < -0.3 is 14.9 Å². The van der Waals surface area contributed by atoms with E-state index in [0.717, 1.165) is 28.9 Å².